The van der Waals surface area contributed by atoms with Crippen molar-refractivity contribution >= 4 is 24.0 Å². The van der Waals surface area contributed by atoms with Gasteiger partial charge in [-0.2, -0.15) is 0 Å². The average Bonchev–Trinajstić information content (AvgIpc) is 3.11. The molecule has 0 saturated carbocycles. The van der Waals surface area contributed by atoms with Crippen molar-refractivity contribution in [1.82, 2.24) is 5.32 Å². The zero-order valence-electron chi connectivity index (χ0n) is 13.5. The van der Waals surface area contributed by atoms with Crippen LogP contribution in [0, 0.1) is 5.92 Å². The van der Waals surface area contributed by atoms with E-state index in [0.717, 1.165) is 30.9 Å². The van der Waals surface area contributed by atoms with E-state index in [4.69, 9.17) is 9.47 Å². The Labute approximate surface area is 147 Å². The first kappa shape index (κ1) is 18.1. The summed E-state index contributed by atoms with van der Waals surface area (Å²) in [5.74, 6) is 2.28. The van der Waals surface area contributed by atoms with Crippen molar-refractivity contribution < 1.29 is 14.3 Å². The minimum atomic E-state index is 0. The van der Waals surface area contributed by atoms with Crippen molar-refractivity contribution in [3.63, 3.8) is 0 Å². The Morgan fingerprint density at radius 2 is 1.88 bits per heavy atom. The van der Waals surface area contributed by atoms with E-state index in [1.54, 1.807) is 7.11 Å². The number of benzene rings is 2. The summed E-state index contributed by atoms with van der Waals surface area (Å²) in [6, 6.07) is 14.8. The number of hydrogen-bond donors (Lipinski definition) is 2. The first-order valence-electron chi connectivity index (χ1n) is 7.68. The Kier molecular flexibility index (Phi) is 6.46. The molecule has 5 nitrogen and oxygen atoms in total. The molecule has 2 N–H and O–H groups in total. The highest BCUT2D eigenvalue weighted by molar-refractivity contribution is 5.92. The molecule has 0 aliphatic carbocycles. The van der Waals surface area contributed by atoms with Crippen molar-refractivity contribution in [2.45, 2.75) is 6.42 Å². The van der Waals surface area contributed by atoms with E-state index in [-0.39, 0.29) is 24.2 Å². The Morgan fingerprint density at radius 3 is 2.54 bits per heavy atom. The molecule has 128 valence electrons. The molecule has 0 radical (unpaired) electrons. The maximum atomic E-state index is 12.1. The van der Waals surface area contributed by atoms with E-state index in [0.29, 0.717) is 11.5 Å². The third-order valence-electron chi connectivity index (χ3n) is 3.83. The lowest BCUT2D eigenvalue weighted by Crippen LogP contribution is -2.24. The Morgan fingerprint density at radius 1 is 1.12 bits per heavy atom. The fourth-order valence-electron chi connectivity index (χ4n) is 2.53. The molecule has 0 aromatic heterocycles. The second-order valence-corrected chi connectivity index (χ2v) is 5.48. The molecule has 0 bridgehead atoms. The Hall–Kier alpha value is -2.24. The fourth-order valence-corrected chi connectivity index (χ4v) is 2.53. The van der Waals surface area contributed by atoms with E-state index in [1.165, 1.54) is 0 Å². The van der Waals surface area contributed by atoms with Crippen molar-refractivity contribution in [2.75, 3.05) is 25.5 Å². The van der Waals surface area contributed by atoms with Gasteiger partial charge in [-0.1, -0.05) is 6.07 Å². The number of anilines is 1. The first-order chi connectivity index (χ1) is 11.2. The zero-order valence-corrected chi connectivity index (χ0v) is 14.3. The van der Waals surface area contributed by atoms with Gasteiger partial charge in [-0.25, -0.2) is 0 Å². The van der Waals surface area contributed by atoms with Crippen LogP contribution in [-0.2, 0) is 4.79 Å². The van der Waals surface area contributed by atoms with Gasteiger partial charge in [-0.3, -0.25) is 4.79 Å². The predicted molar refractivity (Wildman–Crippen MR) is 96.4 cm³/mol. The summed E-state index contributed by atoms with van der Waals surface area (Å²) >= 11 is 0. The first-order valence-corrected chi connectivity index (χ1v) is 7.68. The number of halogens is 1. The molecule has 1 saturated heterocycles. The molecule has 1 unspecified atom stereocenters. The number of carbonyl (C=O) groups excluding carboxylic acids is 1. The Bertz CT molecular complexity index is 670. The highest BCUT2D eigenvalue weighted by atomic mass is 35.5. The van der Waals surface area contributed by atoms with Gasteiger partial charge >= 0.3 is 0 Å². The van der Waals surface area contributed by atoms with Gasteiger partial charge in [0.15, 0.2) is 0 Å². The molecule has 1 aliphatic heterocycles. The van der Waals surface area contributed by atoms with Crippen LogP contribution in [0.4, 0.5) is 5.69 Å². The van der Waals surface area contributed by atoms with Gasteiger partial charge in [0.2, 0.25) is 5.91 Å². The number of methoxy groups -OCH3 is 1. The predicted octanol–water partition coefficient (Wildman–Crippen LogP) is 3.46. The Balaban J connectivity index is 0.00000208. The molecule has 1 atom stereocenters. The molecular formula is C18H21ClN2O3. The maximum Gasteiger partial charge on any atom is 0.228 e. The van der Waals surface area contributed by atoms with Gasteiger partial charge in [0.1, 0.15) is 17.2 Å². The third-order valence-corrected chi connectivity index (χ3v) is 3.83. The number of amides is 1. The number of ether oxygens (including phenoxy) is 2. The van der Waals surface area contributed by atoms with Gasteiger partial charge in [-0.05, 0) is 49.4 Å². The number of rotatable bonds is 5. The van der Waals surface area contributed by atoms with Crippen molar-refractivity contribution in [1.29, 1.82) is 0 Å². The van der Waals surface area contributed by atoms with E-state index in [9.17, 15) is 4.79 Å². The summed E-state index contributed by atoms with van der Waals surface area (Å²) < 4.78 is 10.9. The monoisotopic (exact) mass is 348 g/mol. The molecule has 3 rings (SSSR count). The van der Waals surface area contributed by atoms with Crippen LogP contribution in [0.3, 0.4) is 0 Å². The number of carbonyl (C=O) groups is 1. The van der Waals surface area contributed by atoms with Crippen LogP contribution in [0.5, 0.6) is 17.2 Å². The molecule has 2 aromatic carbocycles. The van der Waals surface area contributed by atoms with Crippen LogP contribution in [0.15, 0.2) is 48.5 Å². The van der Waals surface area contributed by atoms with Gasteiger partial charge in [0, 0.05) is 18.3 Å². The standard InChI is InChI=1S/C18H20N2O3.ClH/c1-22-16-3-2-4-17(11-16)23-15-7-5-14(6-8-15)20-18(21)13-9-10-19-12-13;/h2-8,11,13,19H,9-10,12H2,1H3,(H,20,21);1H. The molecule has 24 heavy (non-hydrogen) atoms. The molecular weight excluding hydrogens is 328 g/mol. The van der Waals surface area contributed by atoms with E-state index >= 15 is 0 Å². The van der Waals surface area contributed by atoms with Gasteiger partial charge in [0.25, 0.3) is 0 Å². The summed E-state index contributed by atoms with van der Waals surface area (Å²) in [5.41, 5.74) is 0.778. The highest BCUT2D eigenvalue weighted by Crippen LogP contribution is 2.26. The van der Waals surface area contributed by atoms with Crippen molar-refractivity contribution in [2.24, 2.45) is 5.92 Å². The lowest BCUT2D eigenvalue weighted by molar-refractivity contribution is -0.119. The smallest absolute Gasteiger partial charge is 0.228 e. The summed E-state index contributed by atoms with van der Waals surface area (Å²) in [4.78, 5) is 12.1. The minimum absolute atomic E-state index is 0. The number of hydrogen-bond acceptors (Lipinski definition) is 4. The van der Waals surface area contributed by atoms with Crippen LogP contribution in [0.25, 0.3) is 0 Å². The molecule has 1 aliphatic rings. The van der Waals surface area contributed by atoms with Crippen LogP contribution in [0.2, 0.25) is 0 Å². The summed E-state index contributed by atoms with van der Waals surface area (Å²) in [7, 11) is 1.62. The highest BCUT2D eigenvalue weighted by Gasteiger charge is 2.22. The summed E-state index contributed by atoms with van der Waals surface area (Å²) in [5, 5.41) is 6.13. The lowest BCUT2D eigenvalue weighted by atomic mass is 10.1. The van der Waals surface area contributed by atoms with Crippen LogP contribution < -0.4 is 20.1 Å². The van der Waals surface area contributed by atoms with Gasteiger partial charge in [0.05, 0.1) is 13.0 Å². The minimum Gasteiger partial charge on any atom is -0.497 e. The largest absolute Gasteiger partial charge is 0.497 e. The lowest BCUT2D eigenvalue weighted by Gasteiger charge is -2.11. The zero-order chi connectivity index (χ0) is 16.1. The summed E-state index contributed by atoms with van der Waals surface area (Å²) in [6.45, 7) is 1.66. The van der Waals surface area contributed by atoms with Crippen molar-refractivity contribution in [3.05, 3.63) is 48.5 Å². The second kappa shape index (κ2) is 8.57. The topological polar surface area (TPSA) is 59.6 Å². The second-order valence-electron chi connectivity index (χ2n) is 5.48. The van der Waals surface area contributed by atoms with Crippen LogP contribution in [0.1, 0.15) is 6.42 Å². The van der Waals surface area contributed by atoms with E-state index in [1.807, 2.05) is 48.5 Å². The third kappa shape index (κ3) is 4.63. The molecule has 0 spiro atoms. The van der Waals surface area contributed by atoms with Gasteiger partial charge in [-0.15, -0.1) is 12.4 Å². The molecule has 1 amide bonds. The maximum absolute atomic E-state index is 12.1. The van der Waals surface area contributed by atoms with Crippen LogP contribution >= 0.6 is 12.4 Å². The molecule has 2 aromatic rings. The quantitative estimate of drug-likeness (QED) is 0.868. The molecule has 1 heterocycles. The summed E-state index contributed by atoms with van der Waals surface area (Å²) in [6.07, 6.45) is 0.892. The molecule has 6 heteroatoms. The molecule has 1 fully saturated rings. The van der Waals surface area contributed by atoms with Crippen molar-refractivity contribution in [3.8, 4) is 17.2 Å². The fraction of sp³-hybridized carbons (Fsp3) is 0.278. The van der Waals surface area contributed by atoms with Crippen LogP contribution in [-0.4, -0.2) is 26.1 Å². The SMILES string of the molecule is COc1cccc(Oc2ccc(NC(=O)C3CCNC3)cc2)c1.Cl. The van der Waals surface area contributed by atoms with E-state index in [2.05, 4.69) is 10.6 Å². The number of nitrogens with one attached hydrogen (secondary N) is 2. The average molecular weight is 349 g/mol. The van der Waals surface area contributed by atoms with E-state index < -0.39 is 0 Å². The normalized spacial score (nSPS) is 16.1. The van der Waals surface area contributed by atoms with Gasteiger partial charge < -0.3 is 20.1 Å².